The van der Waals surface area contributed by atoms with Crippen LogP contribution in [0, 0.1) is 5.41 Å². The molecule has 1 aliphatic carbocycles. The number of nitrogens with one attached hydrogen (secondary N) is 1. The van der Waals surface area contributed by atoms with Crippen molar-refractivity contribution in [1.82, 2.24) is 5.32 Å². The molecule has 0 atom stereocenters. The summed E-state index contributed by atoms with van der Waals surface area (Å²) in [4.78, 5) is 12.0. The highest BCUT2D eigenvalue weighted by molar-refractivity contribution is 5.78. The molecule has 0 aromatic heterocycles. The van der Waals surface area contributed by atoms with Crippen LogP contribution in [0.5, 0.6) is 11.5 Å². The van der Waals surface area contributed by atoms with Crippen molar-refractivity contribution >= 4 is 5.91 Å². The number of amides is 1. The molecular formula is C16H24N2O3. The molecule has 2 rings (SSSR count). The summed E-state index contributed by atoms with van der Waals surface area (Å²) in [5.74, 6) is 1.34. The van der Waals surface area contributed by atoms with E-state index in [1.807, 2.05) is 18.2 Å². The van der Waals surface area contributed by atoms with E-state index in [9.17, 15) is 4.79 Å². The lowest BCUT2D eigenvalue weighted by Gasteiger charge is -2.15. The first-order chi connectivity index (χ1) is 10.1. The quantitative estimate of drug-likeness (QED) is 0.761. The number of hydrogen-bond acceptors (Lipinski definition) is 4. The van der Waals surface area contributed by atoms with Gasteiger partial charge in [0.2, 0.25) is 5.91 Å². The number of methoxy groups -OCH3 is 2. The molecule has 3 N–H and O–H groups in total. The predicted molar refractivity (Wildman–Crippen MR) is 81.6 cm³/mol. The molecule has 5 nitrogen and oxygen atoms in total. The van der Waals surface area contributed by atoms with E-state index < -0.39 is 0 Å². The second-order valence-corrected chi connectivity index (χ2v) is 5.68. The first-order valence-electron chi connectivity index (χ1n) is 7.30. The van der Waals surface area contributed by atoms with Crippen LogP contribution in [0.1, 0.15) is 24.8 Å². The highest BCUT2D eigenvalue weighted by Crippen LogP contribution is 2.47. The summed E-state index contributed by atoms with van der Waals surface area (Å²) >= 11 is 0. The highest BCUT2D eigenvalue weighted by atomic mass is 16.5. The minimum Gasteiger partial charge on any atom is -0.493 e. The Morgan fingerprint density at radius 3 is 2.57 bits per heavy atom. The van der Waals surface area contributed by atoms with E-state index in [4.69, 9.17) is 15.2 Å². The fourth-order valence-electron chi connectivity index (χ4n) is 2.52. The maximum Gasteiger partial charge on any atom is 0.224 e. The van der Waals surface area contributed by atoms with Gasteiger partial charge in [0.05, 0.1) is 20.6 Å². The topological polar surface area (TPSA) is 73.6 Å². The molecule has 0 heterocycles. The van der Waals surface area contributed by atoms with Crippen molar-refractivity contribution in [3.8, 4) is 11.5 Å². The van der Waals surface area contributed by atoms with E-state index in [0.29, 0.717) is 24.5 Å². The van der Waals surface area contributed by atoms with E-state index in [-0.39, 0.29) is 11.3 Å². The fourth-order valence-corrected chi connectivity index (χ4v) is 2.52. The van der Waals surface area contributed by atoms with Gasteiger partial charge >= 0.3 is 0 Å². The number of ether oxygens (including phenoxy) is 2. The van der Waals surface area contributed by atoms with Gasteiger partial charge < -0.3 is 20.5 Å². The predicted octanol–water partition coefficient (Wildman–Crippen LogP) is 1.49. The van der Waals surface area contributed by atoms with Crippen LogP contribution in [0.2, 0.25) is 0 Å². The molecule has 0 unspecified atom stereocenters. The molecule has 0 spiro atoms. The summed E-state index contributed by atoms with van der Waals surface area (Å²) in [5, 5.41) is 3.02. The van der Waals surface area contributed by atoms with Crippen molar-refractivity contribution in [2.24, 2.45) is 11.1 Å². The second-order valence-electron chi connectivity index (χ2n) is 5.68. The van der Waals surface area contributed by atoms with Crippen molar-refractivity contribution in [3.63, 3.8) is 0 Å². The van der Waals surface area contributed by atoms with Crippen LogP contribution in [0.15, 0.2) is 18.2 Å². The molecule has 21 heavy (non-hydrogen) atoms. The average molecular weight is 292 g/mol. The van der Waals surface area contributed by atoms with Gasteiger partial charge in [0.1, 0.15) is 0 Å². The molecule has 1 amide bonds. The zero-order chi connectivity index (χ0) is 15.3. The molecule has 1 saturated carbocycles. The van der Waals surface area contributed by atoms with Crippen LogP contribution in [0.25, 0.3) is 0 Å². The van der Waals surface area contributed by atoms with Crippen molar-refractivity contribution < 1.29 is 14.3 Å². The molecule has 1 aromatic rings. The van der Waals surface area contributed by atoms with Gasteiger partial charge in [-0.05, 0) is 48.9 Å². The molecule has 1 aromatic carbocycles. The van der Waals surface area contributed by atoms with Gasteiger partial charge in [-0.1, -0.05) is 6.07 Å². The summed E-state index contributed by atoms with van der Waals surface area (Å²) in [6.07, 6.45) is 3.67. The lowest BCUT2D eigenvalue weighted by atomic mass is 10.0. The Morgan fingerprint density at radius 2 is 2.00 bits per heavy atom. The summed E-state index contributed by atoms with van der Waals surface area (Å²) in [6, 6.07) is 5.54. The summed E-state index contributed by atoms with van der Waals surface area (Å²) in [6.45, 7) is 1.42. The Balaban J connectivity index is 1.88. The smallest absolute Gasteiger partial charge is 0.224 e. The van der Waals surface area contributed by atoms with Gasteiger partial charge in [0.15, 0.2) is 11.5 Å². The zero-order valence-corrected chi connectivity index (χ0v) is 12.8. The Kier molecular flexibility index (Phi) is 5.07. The Morgan fingerprint density at radius 1 is 1.29 bits per heavy atom. The lowest BCUT2D eigenvalue weighted by molar-refractivity contribution is -0.120. The minimum absolute atomic E-state index is 0.0329. The maximum atomic E-state index is 12.0. The highest BCUT2D eigenvalue weighted by Gasteiger charge is 2.41. The standard InChI is InChI=1S/C16H24N2O3/c1-20-13-4-3-12(9-14(13)21-2)10-15(19)18-11-16(5-6-16)7-8-17/h3-4,9H,5-8,10-11,17H2,1-2H3,(H,18,19). The minimum atomic E-state index is 0.0329. The number of carbonyl (C=O) groups is 1. The third-order valence-corrected chi connectivity index (χ3v) is 4.10. The van der Waals surface area contributed by atoms with Gasteiger partial charge in [-0.3, -0.25) is 4.79 Å². The van der Waals surface area contributed by atoms with Crippen LogP contribution in [-0.4, -0.2) is 33.2 Å². The van der Waals surface area contributed by atoms with Gasteiger partial charge in [-0.15, -0.1) is 0 Å². The molecule has 5 heteroatoms. The molecule has 116 valence electrons. The van der Waals surface area contributed by atoms with Crippen molar-refractivity contribution in [2.75, 3.05) is 27.3 Å². The number of nitrogens with two attached hydrogens (primary N) is 1. The van der Waals surface area contributed by atoms with E-state index in [1.165, 1.54) is 12.8 Å². The summed E-state index contributed by atoms with van der Waals surface area (Å²) in [7, 11) is 3.18. The maximum absolute atomic E-state index is 12.0. The van der Waals surface area contributed by atoms with Crippen LogP contribution in [0.4, 0.5) is 0 Å². The Hall–Kier alpha value is -1.75. The van der Waals surface area contributed by atoms with Crippen LogP contribution < -0.4 is 20.5 Å². The molecule has 0 radical (unpaired) electrons. The largest absolute Gasteiger partial charge is 0.493 e. The molecular weight excluding hydrogens is 268 g/mol. The Bertz CT molecular complexity index is 498. The molecule has 0 bridgehead atoms. The molecule has 1 fully saturated rings. The normalized spacial score (nSPS) is 15.4. The van der Waals surface area contributed by atoms with Crippen LogP contribution in [0.3, 0.4) is 0 Å². The average Bonchev–Trinajstić information content (AvgIpc) is 3.25. The third-order valence-electron chi connectivity index (χ3n) is 4.10. The number of rotatable bonds is 8. The number of carbonyl (C=O) groups excluding carboxylic acids is 1. The van der Waals surface area contributed by atoms with Gasteiger partial charge in [0.25, 0.3) is 0 Å². The van der Waals surface area contributed by atoms with Crippen LogP contribution in [-0.2, 0) is 11.2 Å². The number of benzene rings is 1. The summed E-state index contributed by atoms with van der Waals surface area (Å²) < 4.78 is 10.4. The first-order valence-corrected chi connectivity index (χ1v) is 7.30. The van der Waals surface area contributed by atoms with E-state index in [0.717, 1.165) is 18.5 Å². The van der Waals surface area contributed by atoms with Gasteiger partial charge in [-0.25, -0.2) is 0 Å². The molecule has 0 aliphatic heterocycles. The van der Waals surface area contributed by atoms with Crippen LogP contribution >= 0.6 is 0 Å². The van der Waals surface area contributed by atoms with Crippen molar-refractivity contribution in [2.45, 2.75) is 25.7 Å². The fraction of sp³-hybridized carbons (Fsp3) is 0.562. The first kappa shape index (κ1) is 15.6. The van der Waals surface area contributed by atoms with Gasteiger partial charge in [0, 0.05) is 6.54 Å². The van der Waals surface area contributed by atoms with Crippen molar-refractivity contribution in [1.29, 1.82) is 0 Å². The third kappa shape index (κ3) is 4.11. The van der Waals surface area contributed by atoms with Crippen molar-refractivity contribution in [3.05, 3.63) is 23.8 Å². The Labute approximate surface area is 125 Å². The summed E-state index contributed by atoms with van der Waals surface area (Å²) in [5.41, 5.74) is 6.78. The second kappa shape index (κ2) is 6.80. The lowest BCUT2D eigenvalue weighted by Crippen LogP contribution is -2.32. The van der Waals surface area contributed by atoms with E-state index in [1.54, 1.807) is 14.2 Å². The van der Waals surface area contributed by atoms with E-state index in [2.05, 4.69) is 5.32 Å². The SMILES string of the molecule is COc1ccc(CC(=O)NCC2(CCN)CC2)cc1OC. The van der Waals surface area contributed by atoms with E-state index >= 15 is 0 Å². The monoisotopic (exact) mass is 292 g/mol. The zero-order valence-electron chi connectivity index (χ0n) is 12.8. The molecule has 1 aliphatic rings. The molecule has 0 saturated heterocycles. The van der Waals surface area contributed by atoms with Gasteiger partial charge in [-0.2, -0.15) is 0 Å². The number of hydrogen-bond donors (Lipinski definition) is 2.